The zero-order chi connectivity index (χ0) is 11.7. The summed E-state index contributed by atoms with van der Waals surface area (Å²) in [7, 11) is 0. The van der Waals surface area contributed by atoms with Gasteiger partial charge in [-0.3, -0.25) is 4.90 Å². The fourth-order valence-corrected chi connectivity index (χ4v) is 2.89. The predicted octanol–water partition coefficient (Wildman–Crippen LogP) is 3.26. The van der Waals surface area contributed by atoms with Crippen LogP contribution in [0.5, 0.6) is 0 Å². The Bertz CT molecular complexity index is 507. The third-order valence-corrected chi connectivity index (χ3v) is 3.80. The lowest BCUT2D eigenvalue weighted by atomic mass is 10.1. The number of hydrogen-bond acceptors (Lipinski definition) is 1. The van der Waals surface area contributed by atoms with Crippen molar-refractivity contribution >= 4 is 10.9 Å². The highest BCUT2D eigenvalue weighted by Gasteiger charge is 2.14. The second kappa shape index (κ2) is 4.53. The molecule has 0 spiro atoms. The van der Waals surface area contributed by atoms with Gasteiger partial charge in [0.2, 0.25) is 0 Å². The minimum absolute atomic E-state index is 1.06. The van der Waals surface area contributed by atoms with Gasteiger partial charge in [-0.05, 0) is 44.5 Å². The molecule has 0 aliphatic carbocycles. The SMILES string of the molecule is CCn1cc(CN2CCCC2)c2ccccc21. The second-order valence-corrected chi connectivity index (χ2v) is 4.94. The van der Waals surface area contributed by atoms with Crippen molar-refractivity contribution in [1.82, 2.24) is 9.47 Å². The highest BCUT2D eigenvalue weighted by molar-refractivity contribution is 5.83. The van der Waals surface area contributed by atoms with E-state index in [0.717, 1.165) is 13.1 Å². The van der Waals surface area contributed by atoms with Crippen molar-refractivity contribution in [2.75, 3.05) is 13.1 Å². The Morgan fingerprint density at radius 1 is 1.12 bits per heavy atom. The number of rotatable bonds is 3. The fraction of sp³-hybridized carbons (Fsp3) is 0.467. The van der Waals surface area contributed by atoms with Gasteiger partial charge in [-0.15, -0.1) is 0 Å². The topological polar surface area (TPSA) is 8.17 Å². The monoisotopic (exact) mass is 228 g/mol. The van der Waals surface area contributed by atoms with Crippen LogP contribution in [-0.2, 0) is 13.1 Å². The summed E-state index contributed by atoms with van der Waals surface area (Å²) in [6.07, 6.45) is 5.07. The maximum atomic E-state index is 2.57. The second-order valence-electron chi connectivity index (χ2n) is 4.94. The minimum atomic E-state index is 1.06. The van der Waals surface area contributed by atoms with Gasteiger partial charge < -0.3 is 4.57 Å². The van der Waals surface area contributed by atoms with Crippen LogP contribution in [0.1, 0.15) is 25.3 Å². The molecule has 17 heavy (non-hydrogen) atoms. The molecule has 0 N–H and O–H groups in total. The molecule has 1 aromatic heterocycles. The Kier molecular flexibility index (Phi) is 2.89. The molecule has 3 rings (SSSR count). The van der Waals surface area contributed by atoms with Crippen LogP contribution in [0.25, 0.3) is 10.9 Å². The van der Waals surface area contributed by atoms with Crippen molar-refractivity contribution < 1.29 is 0 Å². The van der Waals surface area contributed by atoms with Gasteiger partial charge in [0.25, 0.3) is 0 Å². The van der Waals surface area contributed by atoms with Crippen molar-refractivity contribution in [1.29, 1.82) is 0 Å². The lowest BCUT2D eigenvalue weighted by molar-refractivity contribution is 0.332. The van der Waals surface area contributed by atoms with Crippen LogP contribution >= 0.6 is 0 Å². The lowest BCUT2D eigenvalue weighted by Crippen LogP contribution is -2.18. The number of para-hydroxylation sites is 1. The number of aromatic nitrogens is 1. The molecule has 2 aromatic rings. The molecule has 2 nitrogen and oxygen atoms in total. The maximum absolute atomic E-state index is 2.57. The van der Waals surface area contributed by atoms with E-state index in [2.05, 4.69) is 46.9 Å². The summed E-state index contributed by atoms with van der Waals surface area (Å²) in [6.45, 7) is 6.93. The zero-order valence-electron chi connectivity index (χ0n) is 10.5. The van der Waals surface area contributed by atoms with E-state index in [4.69, 9.17) is 0 Å². The minimum Gasteiger partial charge on any atom is -0.347 e. The molecule has 1 fully saturated rings. The smallest absolute Gasteiger partial charge is 0.0483 e. The number of aryl methyl sites for hydroxylation is 1. The summed E-state index contributed by atoms with van der Waals surface area (Å²) in [6, 6.07) is 8.77. The molecule has 2 heterocycles. The summed E-state index contributed by atoms with van der Waals surface area (Å²) in [5, 5.41) is 1.43. The molecule has 0 saturated carbocycles. The van der Waals surface area contributed by atoms with Crippen LogP contribution in [0.15, 0.2) is 30.5 Å². The van der Waals surface area contributed by atoms with E-state index in [-0.39, 0.29) is 0 Å². The summed E-state index contributed by atoms with van der Waals surface area (Å²) < 4.78 is 2.36. The molecule has 1 aliphatic rings. The Labute approximate surface area is 103 Å². The Morgan fingerprint density at radius 3 is 2.65 bits per heavy atom. The number of fused-ring (bicyclic) bond motifs is 1. The van der Waals surface area contributed by atoms with Gasteiger partial charge in [-0.1, -0.05) is 18.2 Å². The van der Waals surface area contributed by atoms with Crippen molar-refractivity contribution in [3.63, 3.8) is 0 Å². The average molecular weight is 228 g/mol. The summed E-state index contributed by atoms with van der Waals surface area (Å²) in [5.41, 5.74) is 2.87. The van der Waals surface area contributed by atoms with E-state index in [1.165, 1.54) is 42.4 Å². The molecule has 1 aromatic carbocycles. The maximum Gasteiger partial charge on any atom is 0.0483 e. The molecular formula is C15H20N2. The average Bonchev–Trinajstić information content (AvgIpc) is 2.98. The quantitative estimate of drug-likeness (QED) is 0.783. The van der Waals surface area contributed by atoms with Crippen LogP contribution in [0.3, 0.4) is 0 Å². The number of hydrogen-bond donors (Lipinski definition) is 0. The normalized spacial score (nSPS) is 17.0. The summed E-state index contributed by atoms with van der Waals surface area (Å²) >= 11 is 0. The van der Waals surface area contributed by atoms with Crippen LogP contribution in [0, 0.1) is 0 Å². The molecule has 1 saturated heterocycles. The number of nitrogens with zero attached hydrogens (tertiary/aromatic N) is 2. The first-order valence-electron chi connectivity index (χ1n) is 6.67. The van der Waals surface area contributed by atoms with Gasteiger partial charge in [-0.2, -0.15) is 0 Å². The van der Waals surface area contributed by atoms with Gasteiger partial charge in [0.1, 0.15) is 0 Å². The fourth-order valence-electron chi connectivity index (χ4n) is 2.89. The molecule has 0 unspecified atom stereocenters. The highest BCUT2D eigenvalue weighted by atomic mass is 15.1. The van der Waals surface area contributed by atoms with Crippen LogP contribution in [0.2, 0.25) is 0 Å². The van der Waals surface area contributed by atoms with Crippen molar-refractivity contribution in [2.45, 2.75) is 32.9 Å². The third kappa shape index (κ3) is 1.98. The largest absolute Gasteiger partial charge is 0.347 e. The van der Waals surface area contributed by atoms with Crippen molar-refractivity contribution in [2.24, 2.45) is 0 Å². The van der Waals surface area contributed by atoms with Gasteiger partial charge in [0.05, 0.1) is 0 Å². The standard InChI is InChI=1S/C15H20N2/c1-2-17-12-13(11-16-9-5-6-10-16)14-7-3-4-8-15(14)17/h3-4,7-8,12H,2,5-6,9-11H2,1H3. The highest BCUT2D eigenvalue weighted by Crippen LogP contribution is 2.23. The first-order valence-corrected chi connectivity index (χ1v) is 6.67. The molecule has 90 valence electrons. The van der Waals surface area contributed by atoms with E-state index in [0.29, 0.717) is 0 Å². The number of likely N-dealkylation sites (tertiary alicyclic amines) is 1. The van der Waals surface area contributed by atoms with Gasteiger partial charge in [0, 0.05) is 30.2 Å². The van der Waals surface area contributed by atoms with Gasteiger partial charge in [-0.25, -0.2) is 0 Å². The molecule has 1 aliphatic heterocycles. The van der Waals surface area contributed by atoms with E-state index >= 15 is 0 Å². The van der Waals surface area contributed by atoms with Crippen LogP contribution < -0.4 is 0 Å². The number of benzene rings is 1. The Balaban J connectivity index is 1.97. The molecule has 2 heteroatoms. The first kappa shape index (κ1) is 10.8. The summed E-state index contributed by atoms with van der Waals surface area (Å²) in [4.78, 5) is 2.57. The van der Waals surface area contributed by atoms with E-state index in [1.54, 1.807) is 0 Å². The molecule has 0 amide bonds. The van der Waals surface area contributed by atoms with E-state index in [1.807, 2.05) is 0 Å². The molecule has 0 radical (unpaired) electrons. The first-order chi connectivity index (χ1) is 8.38. The zero-order valence-corrected chi connectivity index (χ0v) is 10.5. The van der Waals surface area contributed by atoms with Crippen molar-refractivity contribution in [3.8, 4) is 0 Å². The molecule has 0 atom stereocenters. The lowest BCUT2D eigenvalue weighted by Gasteiger charge is -2.13. The van der Waals surface area contributed by atoms with Gasteiger partial charge in [0.15, 0.2) is 0 Å². The van der Waals surface area contributed by atoms with E-state index in [9.17, 15) is 0 Å². The summed E-state index contributed by atoms with van der Waals surface area (Å²) in [5.74, 6) is 0. The molecule has 0 bridgehead atoms. The van der Waals surface area contributed by atoms with E-state index < -0.39 is 0 Å². The van der Waals surface area contributed by atoms with Crippen LogP contribution in [-0.4, -0.2) is 22.6 Å². The predicted molar refractivity (Wildman–Crippen MR) is 72.1 cm³/mol. The van der Waals surface area contributed by atoms with Crippen LogP contribution in [0.4, 0.5) is 0 Å². The Morgan fingerprint density at radius 2 is 1.88 bits per heavy atom. The Hall–Kier alpha value is -1.28. The van der Waals surface area contributed by atoms with Gasteiger partial charge >= 0.3 is 0 Å². The third-order valence-electron chi connectivity index (χ3n) is 3.80. The van der Waals surface area contributed by atoms with Crippen molar-refractivity contribution in [3.05, 3.63) is 36.0 Å². The molecular weight excluding hydrogens is 208 g/mol.